The number of allylic oxidation sites excluding steroid dienone is 1. The summed E-state index contributed by atoms with van der Waals surface area (Å²) in [6, 6.07) is 16.0. The second-order valence-corrected chi connectivity index (χ2v) is 10.4. The minimum Gasteiger partial charge on any atom is -0.497 e. The molecule has 11 nitrogen and oxygen atoms in total. The normalized spacial score (nSPS) is 17.0. The predicted molar refractivity (Wildman–Crippen MR) is 160 cm³/mol. The van der Waals surface area contributed by atoms with Crippen molar-refractivity contribution in [3.8, 4) is 17.2 Å². The Balaban J connectivity index is 1.39. The number of methoxy groups -OCH3 is 2. The number of rotatable bonds is 12. The molecule has 0 saturated carbocycles. The summed E-state index contributed by atoms with van der Waals surface area (Å²) in [6.07, 6.45) is 8.28. The van der Waals surface area contributed by atoms with E-state index in [1.54, 1.807) is 59.4 Å². The number of aryl methyl sites for hydroxylation is 1. The third-order valence-corrected chi connectivity index (χ3v) is 7.70. The minimum atomic E-state index is -1.82. The van der Waals surface area contributed by atoms with E-state index in [9.17, 15) is 14.7 Å². The maximum atomic E-state index is 14.0. The van der Waals surface area contributed by atoms with Crippen molar-refractivity contribution in [1.29, 1.82) is 0 Å². The standard InChI is InChI=1S/C32H35N5O6/c1-22(8-4-5-15-35-21-24(14-17-38)33-34-35)32(41)27-19-26(42-2)12-13-28(27)37(31(32)40)20-23-9-6-10-25(18-23)36-16-7-11-29(43-3)30(36)39/h4,6-13,16,18-19,21-22,38,41H,5,14-15,17,20H2,1-3H3/b8-4+/t22-,32+/m0/s1. The first-order valence-corrected chi connectivity index (χ1v) is 14.0. The highest BCUT2D eigenvalue weighted by molar-refractivity contribution is 6.07. The van der Waals surface area contributed by atoms with E-state index in [1.807, 2.05) is 43.3 Å². The Bertz CT molecular complexity index is 1700. The molecule has 0 radical (unpaired) electrons. The van der Waals surface area contributed by atoms with Crippen LogP contribution in [-0.4, -0.2) is 56.5 Å². The molecule has 1 aliphatic rings. The molecule has 2 N–H and O–H groups in total. The van der Waals surface area contributed by atoms with Crippen LogP contribution in [0.3, 0.4) is 0 Å². The zero-order valence-electron chi connectivity index (χ0n) is 24.4. The van der Waals surface area contributed by atoms with Crippen molar-refractivity contribution in [1.82, 2.24) is 19.6 Å². The van der Waals surface area contributed by atoms with Gasteiger partial charge in [-0.25, -0.2) is 0 Å². The van der Waals surface area contributed by atoms with Gasteiger partial charge < -0.3 is 24.6 Å². The largest absolute Gasteiger partial charge is 0.497 e. The molecule has 0 bridgehead atoms. The van der Waals surface area contributed by atoms with E-state index in [0.717, 1.165) is 11.3 Å². The van der Waals surface area contributed by atoms with Crippen LogP contribution >= 0.6 is 0 Å². The Morgan fingerprint density at radius 2 is 1.91 bits per heavy atom. The highest BCUT2D eigenvalue weighted by Gasteiger charge is 2.52. The van der Waals surface area contributed by atoms with E-state index in [1.165, 1.54) is 11.7 Å². The molecule has 4 aromatic rings. The lowest BCUT2D eigenvalue weighted by Crippen LogP contribution is -2.44. The average Bonchev–Trinajstić information content (AvgIpc) is 3.56. The van der Waals surface area contributed by atoms with E-state index in [-0.39, 0.29) is 24.5 Å². The molecule has 224 valence electrons. The van der Waals surface area contributed by atoms with Crippen LogP contribution in [0.15, 0.2) is 83.9 Å². The number of amides is 1. The number of aliphatic hydroxyl groups is 2. The first-order chi connectivity index (χ1) is 20.8. The fourth-order valence-corrected chi connectivity index (χ4v) is 5.35. The molecule has 0 unspecified atom stereocenters. The summed E-state index contributed by atoms with van der Waals surface area (Å²) < 4.78 is 13.8. The van der Waals surface area contributed by atoms with Crippen LogP contribution in [0, 0.1) is 5.92 Å². The number of aromatic nitrogens is 4. The van der Waals surface area contributed by atoms with Gasteiger partial charge in [0, 0.05) is 49.1 Å². The molecule has 0 saturated heterocycles. The Hall–Kier alpha value is -4.74. The number of aliphatic hydroxyl groups excluding tert-OH is 1. The molecule has 0 aliphatic carbocycles. The number of anilines is 1. The lowest BCUT2D eigenvalue weighted by Gasteiger charge is -2.28. The number of hydrogen-bond donors (Lipinski definition) is 2. The highest BCUT2D eigenvalue weighted by Crippen LogP contribution is 2.47. The van der Waals surface area contributed by atoms with Gasteiger partial charge in [-0.15, -0.1) is 5.10 Å². The van der Waals surface area contributed by atoms with Gasteiger partial charge in [0.25, 0.3) is 11.5 Å². The van der Waals surface area contributed by atoms with Crippen molar-refractivity contribution in [3.63, 3.8) is 0 Å². The van der Waals surface area contributed by atoms with Crippen LogP contribution < -0.4 is 19.9 Å². The zero-order valence-corrected chi connectivity index (χ0v) is 24.4. The monoisotopic (exact) mass is 585 g/mol. The molecule has 2 atom stereocenters. The molecule has 0 spiro atoms. The third kappa shape index (κ3) is 5.81. The summed E-state index contributed by atoms with van der Waals surface area (Å²) in [6.45, 7) is 2.58. The number of ether oxygens (including phenoxy) is 2. The summed E-state index contributed by atoms with van der Waals surface area (Å²) in [4.78, 5) is 28.4. The zero-order chi connectivity index (χ0) is 30.6. The summed E-state index contributed by atoms with van der Waals surface area (Å²) in [5.41, 5.74) is 1.09. The molecule has 3 heterocycles. The first-order valence-electron chi connectivity index (χ1n) is 14.0. The Kier molecular flexibility index (Phi) is 8.74. The first kappa shape index (κ1) is 29.7. The van der Waals surface area contributed by atoms with E-state index in [2.05, 4.69) is 10.3 Å². The van der Waals surface area contributed by atoms with Gasteiger partial charge in [0.05, 0.1) is 32.1 Å². The average molecular weight is 586 g/mol. The number of carbonyl (C=O) groups is 1. The molecule has 0 fully saturated rings. The molecule has 2 aromatic heterocycles. The lowest BCUT2D eigenvalue weighted by atomic mass is 9.83. The second-order valence-electron chi connectivity index (χ2n) is 10.4. The number of benzene rings is 2. The van der Waals surface area contributed by atoms with Gasteiger partial charge >= 0.3 is 0 Å². The van der Waals surface area contributed by atoms with Crippen molar-refractivity contribution in [3.05, 3.63) is 106 Å². The van der Waals surface area contributed by atoms with Gasteiger partial charge in [0.2, 0.25) is 0 Å². The number of fused-ring (bicyclic) bond motifs is 1. The van der Waals surface area contributed by atoms with Crippen molar-refractivity contribution in [2.24, 2.45) is 5.92 Å². The Morgan fingerprint density at radius 1 is 1.07 bits per heavy atom. The fourth-order valence-electron chi connectivity index (χ4n) is 5.35. The summed E-state index contributed by atoms with van der Waals surface area (Å²) in [5.74, 6) is -0.238. The van der Waals surface area contributed by atoms with Gasteiger partial charge in [0.15, 0.2) is 11.4 Å². The second kappa shape index (κ2) is 12.6. The molecule has 11 heteroatoms. The maximum Gasteiger partial charge on any atom is 0.297 e. The minimum absolute atomic E-state index is 0.0136. The number of pyridine rings is 1. The van der Waals surface area contributed by atoms with Crippen molar-refractivity contribution >= 4 is 11.6 Å². The van der Waals surface area contributed by atoms with Gasteiger partial charge in [0.1, 0.15) is 5.75 Å². The number of nitrogens with zero attached hydrogens (tertiary/aromatic N) is 5. The van der Waals surface area contributed by atoms with E-state index >= 15 is 0 Å². The number of hydrogen-bond acceptors (Lipinski definition) is 8. The van der Waals surface area contributed by atoms with Crippen LogP contribution in [0.5, 0.6) is 11.5 Å². The number of carbonyl (C=O) groups excluding carboxylic acids is 1. The molecule has 1 amide bonds. The summed E-state index contributed by atoms with van der Waals surface area (Å²) >= 11 is 0. The van der Waals surface area contributed by atoms with Crippen molar-refractivity contribution < 1.29 is 24.5 Å². The van der Waals surface area contributed by atoms with Gasteiger partial charge in [-0.1, -0.05) is 36.4 Å². The Labute approximate surface area is 249 Å². The third-order valence-electron chi connectivity index (χ3n) is 7.70. The van der Waals surface area contributed by atoms with Gasteiger partial charge in [-0.05, 0) is 54.4 Å². The molecule has 2 aromatic carbocycles. The van der Waals surface area contributed by atoms with Crippen LogP contribution in [0.25, 0.3) is 5.69 Å². The van der Waals surface area contributed by atoms with Gasteiger partial charge in [-0.2, -0.15) is 0 Å². The SMILES string of the molecule is COc1ccc2c(c1)[C@](O)([C@@H](C)/C=C/CCn1cc(CCO)nn1)C(=O)N2Cc1cccc(-n2cccc(OC)c2=O)c1. The van der Waals surface area contributed by atoms with Crippen molar-refractivity contribution in [2.45, 2.75) is 38.5 Å². The van der Waals surface area contributed by atoms with Crippen molar-refractivity contribution in [2.75, 3.05) is 25.7 Å². The molecule has 1 aliphatic heterocycles. The smallest absolute Gasteiger partial charge is 0.297 e. The molecule has 5 rings (SSSR count). The topological polar surface area (TPSA) is 132 Å². The van der Waals surface area contributed by atoms with Gasteiger partial charge in [-0.3, -0.25) is 18.8 Å². The Morgan fingerprint density at radius 3 is 2.67 bits per heavy atom. The maximum absolute atomic E-state index is 14.0. The fraction of sp³-hybridized carbons (Fsp3) is 0.312. The van der Waals surface area contributed by atoms with E-state index in [0.29, 0.717) is 42.1 Å². The quantitative estimate of drug-likeness (QED) is 0.243. The van der Waals surface area contributed by atoms with E-state index in [4.69, 9.17) is 14.6 Å². The lowest BCUT2D eigenvalue weighted by molar-refractivity contribution is -0.139. The predicted octanol–water partition coefficient (Wildman–Crippen LogP) is 3.00. The molecule has 43 heavy (non-hydrogen) atoms. The van der Waals surface area contributed by atoms with Crippen LogP contribution in [-0.2, 0) is 29.9 Å². The van der Waals surface area contributed by atoms with Crippen LogP contribution in [0.4, 0.5) is 5.69 Å². The molecular formula is C32H35N5O6. The van der Waals surface area contributed by atoms with E-state index < -0.39 is 17.4 Å². The molecular weight excluding hydrogens is 550 g/mol. The van der Waals surface area contributed by atoms with Crippen LogP contribution in [0.1, 0.15) is 30.2 Å². The summed E-state index contributed by atoms with van der Waals surface area (Å²) in [5, 5.41) is 29.2. The summed E-state index contributed by atoms with van der Waals surface area (Å²) in [7, 11) is 2.99. The van der Waals surface area contributed by atoms with Crippen LogP contribution in [0.2, 0.25) is 0 Å². The highest BCUT2D eigenvalue weighted by atomic mass is 16.5.